The maximum atomic E-state index is 5.82. The second kappa shape index (κ2) is 5.83. The Morgan fingerprint density at radius 2 is 2.20 bits per heavy atom. The third kappa shape index (κ3) is 2.70. The first kappa shape index (κ1) is 12.8. The molecule has 3 heterocycles. The van der Waals surface area contributed by atoms with Gasteiger partial charge >= 0.3 is 0 Å². The molecular formula is C14H17N5O. The van der Waals surface area contributed by atoms with Gasteiger partial charge in [-0.15, -0.1) is 0 Å². The molecule has 6 heteroatoms. The number of rotatable bonds is 3. The maximum absolute atomic E-state index is 5.82. The van der Waals surface area contributed by atoms with Gasteiger partial charge in [-0.05, 0) is 12.1 Å². The molecule has 1 N–H and O–H groups in total. The van der Waals surface area contributed by atoms with Crippen LogP contribution in [0.2, 0.25) is 0 Å². The number of hydrogen-bond donors (Lipinski definition) is 1. The highest BCUT2D eigenvalue weighted by Crippen LogP contribution is 2.23. The highest BCUT2D eigenvalue weighted by atomic mass is 16.5. The van der Waals surface area contributed by atoms with Crippen molar-refractivity contribution < 1.29 is 4.74 Å². The van der Waals surface area contributed by atoms with Gasteiger partial charge in [0, 0.05) is 26.0 Å². The number of nitrogens with zero attached hydrogens (tertiary/aromatic N) is 4. The van der Waals surface area contributed by atoms with Crippen LogP contribution in [0.4, 0.5) is 11.5 Å². The number of ether oxygens (including phenoxy) is 1. The van der Waals surface area contributed by atoms with Crippen LogP contribution in [0.5, 0.6) is 0 Å². The standard InChI is InChI=1S/C14H17N5O/c1-15-11-2-3-12(18-8-11)13-10-19(6-7-20-13)14-9-16-4-5-17-14/h2-5,8-9,13,15H,6-7,10H2,1H3/t13-/m0/s1. The van der Waals surface area contributed by atoms with E-state index in [1.165, 1.54) is 0 Å². The van der Waals surface area contributed by atoms with Crippen LogP contribution in [0.15, 0.2) is 36.9 Å². The van der Waals surface area contributed by atoms with Gasteiger partial charge in [0.05, 0.1) is 36.9 Å². The zero-order chi connectivity index (χ0) is 13.8. The lowest BCUT2D eigenvalue weighted by atomic mass is 10.2. The molecule has 1 saturated heterocycles. The second-order valence-corrected chi connectivity index (χ2v) is 4.59. The molecule has 1 aliphatic rings. The van der Waals surface area contributed by atoms with E-state index in [4.69, 9.17) is 4.74 Å². The summed E-state index contributed by atoms with van der Waals surface area (Å²) < 4.78 is 5.82. The molecule has 1 aliphatic heterocycles. The van der Waals surface area contributed by atoms with E-state index in [0.29, 0.717) is 6.61 Å². The van der Waals surface area contributed by atoms with Gasteiger partial charge in [-0.1, -0.05) is 0 Å². The summed E-state index contributed by atoms with van der Waals surface area (Å²) in [6, 6.07) is 4.00. The predicted octanol–water partition coefficient (Wildman–Crippen LogP) is 1.49. The molecule has 2 aromatic rings. The molecule has 0 unspecified atom stereocenters. The van der Waals surface area contributed by atoms with Crippen molar-refractivity contribution >= 4 is 11.5 Å². The SMILES string of the molecule is CNc1ccc([C@@H]2CN(c3cnccn3)CCO2)nc1. The van der Waals surface area contributed by atoms with Gasteiger partial charge in [0.15, 0.2) is 0 Å². The fourth-order valence-corrected chi connectivity index (χ4v) is 2.23. The summed E-state index contributed by atoms with van der Waals surface area (Å²) in [4.78, 5) is 15.1. The molecule has 0 bridgehead atoms. The summed E-state index contributed by atoms with van der Waals surface area (Å²) in [5.74, 6) is 0.882. The summed E-state index contributed by atoms with van der Waals surface area (Å²) >= 11 is 0. The van der Waals surface area contributed by atoms with E-state index in [1.54, 1.807) is 18.6 Å². The van der Waals surface area contributed by atoms with Crippen LogP contribution >= 0.6 is 0 Å². The van der Waals surface area contributed by atoms with Crippen molar-refractivity contribution in [1.29, 1.82) is 0 Å². The first-order chi connectivity index (χ1) is 9.86. The normalized spacial score (nSPS) is 18.9. The van der Waals surface area contributed by atoms with Crippen LogP contribution in [-0.4, -0.2) is 41.7 Å². The lowest BCUT2D eigenvalue weighted by Gasteiger charge is -2.33. The van der Waals surface area contributed by atoms with Gasteiger partial charge in [0.1, 0.15) is 11.9 Å². The predicted molar refractivity (Wildman–Crippen MR) is 76.7 cm³/mol. The highest BCUT2D eigenvalue weighted by molar-refractivity contribution is 5.41. The average Bonchev–Trinajstić information content (AvgIpc) is 2.56. The quantitative estimate of drug-likeness (QED) is 0.912. The average molecular weight is 271 g/mol. The van der Waals surface area contributed by atoms with Gasteiger partial charge in [0.25, 0.3) is 0 Å². The molecule has 0 amide bonds. The Labute approximate surface area is 117 Å². The molecule has 0 spiro atoms. The van der Waals surface area contributed by atoms with Gasteiger partial charge in [-0.3, -0.25) is 9.97 Å². The van der Waals surface area contributed by atoms with Gasteiger partial charge in [-0.25, -0.2) is 4.98 Å². The second-order valence-electron chi connectivity index (χ2n) is 4.59. The summed E-state index contributed by atoms with van der Waals surface area (Å²) in [7, 11) is 1.88. The Kier molecular flexibility index (Phi) is 3.73. The number of hydrogen-bond acceptors (Lipinski definition) is 6. The van der Waals surface area contributed by atoms with E-state index in [9.17, 15) is 0 Å². The monoisotopic (exact) mass is 271 g/mol. The first-order valence-corrected chi connectivity index (χ1v) is 6.63. The molecule has 2 aromatic heterocycles. The van der Waals surface area contributed by atoms with Crippen molar-refractivity contribution in [3.8, 4) is 0 Å². The van der Waals surface area contributed by atoms with Crippen LogP contribution in [0.1, 0.15) is 11.8 Å². The summed E-state index contributed by atoms with van der Waals surface area (Å²) in [5.41, 5.74) is 1.94. The number of anilines is 2. The molecule has 1 fully saturated rings. The fraction of sp³-hybridized carbons (Fsp3) is 0.357. The molecule has 6 nitrogen and oxygen atoms in total. The maximum Gasteiger partial charge on any atom is 0.147 e. The van der Waals surface area contributed by atoms with E-state index in [-0.39, 0.29) is 6.10 Å². The Balaban J connectivity index is 1.74. The Bertz CT molecular complexity index is 545. The van der Waals surface area contributed by atoms with E-state index in [0.717, 1.165) is 30.3 Å². The Morgan fingerprint density at radius 3 is 2.90 bits per heavy atom. The molecule has 0 aromatic carbocycles. The Morgan fingerprint density at radius 1 is 1.25 bits per heavy atom. The van der Waals surface area contributed by atoms with Crippen LogP contribution in [0, 0.1) is 0 Å². The molecule has 1 atom stereocenters. The molecule has 20 heavy (non-hydrogen) atoms. The molecule has 104 valence electrons. The largest absolute Gasteiger partial charge is 0.387 e. The molecule has 3 rings (SSSR count). The zero-order valence-electron chi connectivity index (χ0n) is 11.4. The topological polar surface area (TPSA) is 63.2 Å². The molecular weight excluding hydrogens is 254 g/mol. The van der Waals surface area contributed by atoms with Gasteiger partial charge in [-0.2, -0.15) is 0 Å². The van der Waals surface area contributed by atoms with E-state index < -0.39 is 0 Å². The lowest BCUT2D eigenvalue weighted by molar-refractivity contribution is 0.0367. The van der Waals surface area contributed by atoms with Crippen molar-refractivity contribution in [3.63, 3.8) is 0 Å². The van der Waals surface area contributed by atoms with Crippen molar-refractivity contribution in [1.82, 2.24) is 15.0 Å². The van der Waals surface area contributed by atoms with Gasteiger partial charge < -0.3 is 15.0 Å². The molecule has 0 radical (unpaired) electrons. The fourth-order valence-electron chi connectivity index (χ4n) is 2.23. The van der Waals surface area contributed by atoms with Crippen LogP contribution in [0.3, 0.4) is 0 Å². The Hall–Kier alpha value is -2.21. The third-order valence-electron chi connectivity index (χ3n) is 3.34. The minimum atomic E-state index is -0.0309. The summed E-state index contributed by atoms with van der Waals surface area (Å²) in [6.45, 7) is 2.23. The van der Waals surface area contributed by atoms with Crippen molar-refractivity contribution in [2.24, 2.45) is 0 Å². The number of aromatic nitrogens is 3. The number of pyridine rings is 1. The van der Waals surface area contributed by atoms with Gasteiger partial charge in [0.2, 0.25) is 0 Å². The minimum absolute atomic E-state index is 0.0309. The minimum Gasteiger partial charge on any atom is -0.387 e. The summed E-state index contributed by atoms with van der Waals surface area (Å²) in [6.07, 6.45) is 6.95. The molecule has 0 saturated carbocycles. The van der Waals surface area contributed by atoms with Crippen molar-refractivity contribution in [3.05, 3.63) is 42.6 Å². The van der Waals surface area contributed by atoms with Crippen molar-refractivity contribution in [2.45, 2.75) is 6.10 Å². The van der Waals surface area contributed by atoms with E-state index >= 15 is 0 Å². The van der Waals surface area contributed by atoms with Crippen LogP contribution in [-0.2, 0) is 4.74 Å². The molecule has 0 aliphatic carbocycles. The highest BCUT2D eigenvalue weighted by Gasteiger charge is 2.23. The van der Waals surface area contributed by atoms with Crippen molar-refractivity contribution in [2.75, 3.05) is 37.0 Å². The number of nitrogens with one attached hydrogen (secondary N) is 1. The van der Waals surface area contributed by atoms with Crippen LogP contribution < -0.4 is 10.2 Å². The number of morpholine rings is 1. The zero-order valence-corrected chi connectivity index (χ0v) is 11.4. The third-order valence-corrected chi connectivity index (χ3v) is 3.34. The smallest absolute Gasteiger partial charge is 0.147 e. The first-order valence-electron chi connectivity index (χ1n) is 6.63. The van der Waals surface area contributed by atoms with E-state index in [1.807, 2.05) is 25.4 Å². The lowest BCUT2D eigenvalue weighted by Crippen LogP contribution is -2.39. The van der Waals surface area contributed by atoms with E-state index in [2.05, 4.69) is 25.2 Å². The van der Waals surface area contributed by atoms with Crippen LogP contribution in [0.25, 0.3) is 0 Å². The summed E-state index contributed by atoms with van der Waals surface area (Å²) in [5, 5.41) is 3.06.